The van der Waals surface area contributed by atoms with E-state index in [2.05, 4.69) is 19.2 Å². The molecule has 17 heavy (non-hydrogen) atoms. The monoisotopic (exact) mass is 233 g/mol. The molecule has 0 radical (unpaired) electrons. The van der Waals surface area contributed by atoms with Gasteiger partial charge in [0.2, 0.25) is 0 Å². The summed E-state index contributed by atoms with van der Waals surface area (Å²) in [6.45, 7) is 4.89. The highest BCUT2D eigenvalue weighted by atomic mass is 15.0. The second kappa shape index (κ2) is 3.73. The molecule has 0 amide bonds. The van der Waals surface area contributed by atoms with Crippen LogP contribution >= 0.6 is 0 Å². The lowest BCUT2D eigenvalue weighted by Crippen LogP contribution is -2.39. The predicted octanol–water partition coefficient (Wildman–Crippen LogP) is 3.45. The lowest BCUT2D eigenvalue weighted by molar-refractivity contribution is 0.230. The Morgan fingerprint density at radius 3 is 1.94 bits per heavy atom. The molecule has 1 nitrogen and oxygen atoms in total. The van der Waals surface area contributed by atoms with Gasteiger partial charge in [0.1, 0.15) is 0 Å². The summed E-state index contributed by atoms with van der Waals surface area (Å²) in [5, 5.41) is 4.06. The highest BCUT2D eigenvalue weighted by molar-refractivity contribution is 5.17. The maximum absolute atomic E-state index is 4.06. The van der Waals surface area contributed by atoms with Gasteiger partial charge in [0.25, 0.3) is 0 Å². The second-order valence-electron chi connectivity index (χ2n) is 7.79. The molecule has 4 aliphatic carbocycles. The maximum atomic E-state index is 4.06. The third-order valence-electron chi connectivity index (χ3n) is 6.34. The van der Waals surface area contributed by atoms with E-state index >= 15 is 0 Å². The van der Waals surface area contributed by atoms with Crippen molar-refractivity contribution in [3.05, 3.63) is 0 Å². The van der Waals surface area contributed by atoms with E-state index < -0.39 is 0 Å². The Labute approximate surface area is 106 Å². The van der Waals surface area contributed by atoms with Gasteiger partial charge in [0.05, 0.1) is 0 Å². The van der Waals surface area contributed by atoms with Crippen molar-refractivity contribution in [3.63, 3.8) is 0 Å². The summed E-state index contributed by atoms with van der Waals surface area (Å²) in [7, 11) is 0. The Morgan fingerprint density at radius 2 is 1.35 bits per heavy atom. The SMILES string of the molecule is CC1CC(C)CC(NC2C3C4CCC(C4)C23)C1. The van der Waals surface area contributed by atoms with Gasteiger partial charge in [-0.3, -0.25) is 0 Å². The average Bonchev–Trinajstić information content (AvgIpc) is 2.69. The van der Waals surface area contributed by atoms with Crippen LogP contribution in [0.1, 0.15) is 52.4 Å². The molecule has 4 saturated carbocycles. The molecule has 0 aromatic carbocycles. The summed E-state index contributed by atoms with van der Waals surface area (Å²) < 4.78 is 0. The van der Waals surface area contributed by atoms with Crippen LogP contribution in [0.3, 0.4) is 0 Å². The van der Waals surface area contributed by atoms with Crippen LogP contribution in [0.15, 0.2) is 0 Å². The van der Waals surface area contributed by atoms with Crippen LogP contribution in [-0.4, -0.2) is 12.1 Å². The van der Waals surface area contributed by atoms with Crippen molar-refractivity contribution >= 4 is 0 Å². The molecule has 96 valence electrons. The fraction of sp³-hybridized carbons (Fsp3) is 1.00. The minimum absolute atomic E-state index is 0.851. The summed E-state index contributed by atoms with van der Waals surface area (Å²) in [5.41, 5.74) is 0. The van der Waals surface area contributed by atoms with Gasteiger partial charge in [-0.05, 0) is 74.0 Å². The minimum Gasteiger partial charge on any atom is -0.311 e. The van der Waals surface area contributed by atoms with Crippen molar-refractivity contribution in [2.75, 3.05) is 0 Å². The smallest absolute Gasteiger partial charge is 0.0138 e. The van der Waals surface area contributed by atoms with Gasteiger partial charge in [-0.2, -0.15) is 0 Å². The summed E-state index contributed by atoms with van der Waals surface area (Å²) in [6, 6.07) is 1.80. The highest BCUT2D eigenvalue weighted by Crippen LogP contribution is 2.65. The van der Waals surface area contributed by atoms with Gasteiger partial charge in [-0.1, -0.05) is 13.8 Å². The van der Waals surface area contributed by atoms with Gasteiger partial charge < -0.3 is 5.32 Å². The third-order valence-corrected chi connectivity index (χ3v) is 6.34. The van der Waals surface area contributed by atoms with E-state index in [1.807, 2.05) is 0 Å². The topological polar surface area (TPSA) is 12.0 Å². The summed E-state index contributed by atoms with van der Waals surface area (Å²) in [4.78, 5) is 0. The Morgan fingerprint density at radius 1 is 0.765 bits per heavy atom. The first kappa shape index (κ1) is 10.8. The zero-order valence-electron chi connectivity index (χ0n) is 11.4. The van der Waals surface area contributed by atoms with Gasteiger partial charge in [0.15, 0.2) is 0 Å². The van der Waals surface area contributed by atoms with Crippen LogP contribution in [0.4, 0.5) is 0 Å². The first-order valence-corrected chi connectivity index (χ1v) is 7.98. The minimum atomic E-state index is 0.851. The Hall–Kier alpha value is -0.0400. The molecule has 0 heterocycles. The van der Waals surface area contributed by atoms with Crippen LogP contribution in [-0.2, 0) is 0 Å². The van der Waals surface area contributed by atoms with Crippen LogP contribution in [0.5, 0.6) is 0 Å². The van der Waals surface area contributed by atoms with Gasteiger partial charge in [-0.25, -0.2) is 0 Å². The highest BCUT2D eigenvalue weighted by Gasteiger charge is 2.65. The fourth-order valence-electron chi connectivity index (χ4n) is 5.90. The van der Waals surface area contributed by atoms with Crippen LogP contribution < -0.4 is 5.32 Å². The van der Waals surface area contributed by atoms with Crippen molar-refractivity contribution < 1.29 is 0 Å². The average molecular weight is 233 g/mol. The molecule has 4 aliphatic rings. The molecule has 0 aromatic heterocycles. The molecular weight excluding hydrogens is 206 g/mol. The molecule has 4 rings (SSSR count). The first-order valence-electron chi connectivity index (χ1n) is 7.98. The van der Waals surface area contributed by atoms with E-state index in [1.54, 1.807) is 19.3 Å². The van der Waals surface area contributed by atoms with Gasteiger partial charge in [0, 0.05) is 12.1 Å². The Bertz CT molecular complexity index is 287. The molecule has 1 N–H and O–H groups in total. The lowest BCUT2D eigenvalue weighted by Gasteiger charge is -2.32. The number of fused-ring (bicyclic) bond motifs is 5. The molecule has 4 fully saturated rings. The summed E-state index contributed by atoms with van der Waals surface area (Å²) >= 11 is 0. The van der Waals surface area contributed by atoms with Gasteiger partial charge >= 0.3 is 0 Å². The molecule has 0 aliphatic heterocycles. The number of rotatable bonds is 2. The predicted molar refractivity (Wildman–Crippen MR) is 70.7 cm³/mol. The van der Waals surface area contributed by atoms with E-state index in [0.717, 1.165) is 47.6 Å². The largest absolute Gasteiger partial charge is 0.311 e. The van der Waals surface area contributed by atoms with Crippen molar-refractivity contribution in [2.24, 2.45) is 35.5 Å². The van der Waals surface area contributed by atoms with E-state index in [1.165, 1.54) is 19.3 Å². The lowest BCUT2D eigenvalue weighted by atomic mass is 9.80. The quantitative estimate of drug-likeness (QED) is 0.770. The van der Waals surface area contributed by atoms with E-state index in [4.69, 9.17) is 0 Å². The number of nitrogens with one attached hydrogen (secondary N) is 1. The molecule has 6 atom stereocenters. The molecule has 0 spiro atoms. The van der Waals surface area contributed by atoms with E-state index in [0.29, 0.717) is 0 Å². The van der Waals surface area contributed by atoms with Crippen LogP contribution in [0.25, 0.3) is 0 Å². The maximum Gasteiger partial charge on any atom is 0.0138 e. The third kappa shape index (κ3) is 1.69. The standard InChI is InChI=1S/C16H27N/c1-9-5-10(2)7-13(6-9)17-16-14-11-3-4-12(8-11)15(14)16/h9-17H,3-8H2,1-2H3. The second-order valence-corrected chi connectivity index (χ2v) is 7.79. The van der Waals surface area contributed by atoms with Crippen molar-refractivity contribution in [1.29, 1.82) is 0 Å². The summed E-state index contributed by atoms with van der Waals surface area (Å²) in [5.74, 6) is 6.38. The van der Waals surface area contributed by atoms with Crippen molar-refractivity contribution in [2.45, 2.75) is 64.5 Å². The molecular formula is C16H27N. The molecule has 1 heteroatoms. The summed E-state index contributed by atoms with van der Waals surface area (Å²) in [6.07, 6.45) is 9.04. The molecule has 2 bridgehead atoms. The zero-order chi connectivity index (χ0) is 11.6. The van der Waals surface area contributed by atoms with Crippen molar-refractivity contribution in [3.8, 4) is 0 Å². The zero-order valence-corrected chi connectivity index (χ0v) is 11.4. The van der Waals surface area contributed by atoms with Crippen LogP contribution in [0, 0.1) is 35.5 Å². The van der Waals surface area contributed by atoms with Crippen molar-refractivity contribution in [1.82, 2.24) is 5.32 Å². The first-order chi connectivity index (χ1) is 8.22. The normalized spacial score (nSPS) is 60.4. The molecule has 6 unspecified atom stereocenters. The Kier molecular flexibility index (Phi) is 2.38. The van der Waals surface area contributed by atoms with E-state index in [9.17, 15) is 0 Å². The fourth-order valence-corrected chi connectivity index (χ4v) is 5.90. The van der Waals surface area contributed by atoms with E-state index in [-0.39, 0.29) is 0 Å². The van der Waals surface area contributed by atoms with Gasteiger partial charge in [-0.15, -0.1) is 0 Å². The molecule has 0 aromatic rings. The number of hydrogen-bond donors (Lipinski definition) is 1. The Balaban J connectivity index is 1.37. The molecule has 0 saturated heterocycles. The van der Waals surface area contributed by atoms with Crippen LogP contribution in [0.2, 0.25) is 0 Å². The number of hydrogen-bond acceptors (Lipinski definition) is 1.